The van der Waals surface area contributed by atoms with E-state index in [4.69, 9.17) is 9.47 Å². The molecule has 7 nitrogen and oxygen atoms in total. The first-order valence-electron chi connectivity index (χ1n) is 11.6. The quantitative estimate of drug-likeness (QED) is 0.161. The van der Waals surface area contributed by atoms with Crippen LogP contribution < -0.4 is 14.9 Å². The van der Waals surface area contributed by atoms with Crippen molar-refractivity contribution in [1.82, 2.24) is 5.43 Å². The molecule has 0 aliphatic rings. The summed E-state index contributed by atoms with van der Waals surface area (Å²) in [6.07, 6.45) is 1.41. The number of hydrazone groups is 1. The van der Waals surface area contributed by atoms with E-state index in [0.717, 1.165) is 5.56 Å². The molecule has 0 radical (unpaired) electrons. The Morgan fingerprint density at radius 2 is 1.43 bits per heavy atom. The smallest absolute Gasteiger partial charge is 0.343 e. The van der Waals surface area contributed by atoms with Crippen LogP contribution >= 0.6 is 0 Å². The third-order valence-electron chi connectivity index (χ3n) is 5.77. The zero-order chi connectivity index (χ0) is 26.3. The van der Waals surface area contributed by atoms with Crippen molar-refractivity contribution < 1.29 is 24.2 Å². The first-order chi connectivity index (χ1) is 17.9. The molecule has 0 unspecified atom stereocenters. The molecule has 0 bridgehead atoms. The van der Waals surface area contributed by atoms with Crippen molar-refractivity contribution >= 4 is 18.1 Å². The number of esters is 1. The van der Waals surface area contributed by atoms with Gasteiger partial charge in [0, 0.05) is 0 Å². The lowest BCUT2D eigenvalue weighted by Crippen LogP contribution is -2.43. The van der Waals surface area contributed by atoms with E-state index >= 15 is 0 Å². The first-order valence-corrected chi connectivity index (χ1v) is 11.6. The van der Waals surface area contributed by atoms with Gasteiger partial charge in [-0.1, -0.05) is 78.4 Å². The summed E-state index contributed by atoms with van der Waals surface area (Å²) >= 11 is 0. The summed E-state index contributed by atoms with van der Waals surface area (Å²) in [7, 11) is 1.46. The number of carbonyl (C=O) groups is 2. The van der Waals surface area contributed by atoms with Crippen molar-refractivity contribution in [3.63, 3.8) is 0 Å². The standard InChI is InChI=1S/C30H26N2O5/c1-21-13-16-23(17-14-21)28(33)37-26-18-15-22(19-27(26)36-2)20-31-32-29(34)30(35,24-9-5-3-6-10-24)25-11-7-4-8-12-25/h3-20,35H,1-2H3,(H,32,34)/b31-20+. The predicted octanol–water partition coefficient (Wildman–Crippen LogP) is 4.61. The summed E-state index contributed by atoms with van der Waals surface area (Å²) in [6.45, 7) is 1.94. The Hall–Kier alpha value is -4.75. The molecule has 4 aromatic carbocycles. The second kappa shape index (κ2) is 11.3. The lowest BCUT2D eigenvalue weighted by Gasteiger charge is -2.27. The van der Waals surface area contributed by atoms with Crippen LogP contribution in [0.3, 0.4) is 0 Å². The average Bonchev–Trinajstić information content (AvgIpc) is 2.94. The highest BCUT2D eigenvalue weighted by Crippen LogP contribution is 2.30. The molecular weight excluding hydrogens is 468 g/mol. The van der Waals surface area contributed by atoms with E-state index in [2.05, 4.69) is 10.5 Å². The van der Waals surface area contributed by atoms with E-state index in [1.807, 2.05) is 19.1 Å². The summed E-state index contributed by atoms with van der Waals surface area (Å²) in [5.41, 5.74) is 3.36. The maximum Gasteiger partial charge on any atom is 0.343 e. The highest BCUT2D eigenvalue weighted by atomic mass is 16.6. The minimum Gasteiger partial charge on any atom is -0.493 e. The Kier molecular flexibility index (Phi) is 7.76. The summed E-state index contributed by atoms with van der Waals surface area (Å²) in [5, 5.41) is 15.5. The molecule has 0 atom stereocenters. The molecule has 4 rings (SSSR count). The Bertz CT molecular complexity index is 1360. The largest absolute Gasteiger partial charge is 0.493 e. The summed E-state index contributed by atoms with van der Waals surface area (Å²) in [5.74, 6) is -0.651. The number of aryl methyl sites for hydroxylation is 1. The van der Waals surface area contributed by atoms with Crippen molar-refractivity contribution in [3.8, 4) is 11.5 Å². The fourth-order valence-corrected chi connectivity index (χ4v) is 3.73. The van der Waals surface area contributed by atoms with Crippen LogP contribution in [0.25, 0.3) is 0 Å². The minimum absolute atomic E-state index is 0.247. The molecule has 0 spiro atoms. The number of nitrogens with zero attached hydrogens (tertiary/aromatic N) is 1. The molecule has 0 aromatic heterocycles. The number of amides is 1. The van der Waals surface area contributed by atoms with Gasteiger partial charge in [-0.15, -0.1) is 0 Å². The SMILES string of the molecule is COc1cc(/C=N/NC(=O)C(O)(c2ccccc2)c2ccccc2)ccc1OC(=O)c1ccc(C)cc1. The van der Waals surface area contributed by atoms with Gasteiger partial charge in [0.05, 0.1) is 18.9 Å². The molecule has 2 N–H and O–H groups in total. The average molecular weight is 495 g/mol. The third kappa shape index (κ3) is 5.74. The summed E-state index contributed by atoms with van der Waals surface area (Å²) < 4.78 is 10.9. The number of hydrogen-bond acceptors (Lipinski definition) is 6. The molecule has 4 aromatic rings. The molecule has 0 fully saturated rings. The molecule has 0 saturated carbocycles. The molecule has 186 valence electrons. The van der Waals surface area contributed by atoms with E-state index < -0.39 is 17.5 Å². The van der Waals surface area contributed by atoms with E-state index in [9.17, 15) is 14.7 Å². The van der Waals surface area contributed by atoms with Gasteiger partial charge < -0.3 is 14.6 Å². The van der Waals surface area contributed by atoms with Gasteiger partial charge in [0.15, 0.2) is 17.1 Å². The summed E-state index contributed by atoms with van der Waals surface area (Å²) in [6, 6.07) is 29.2. The van der Waals surface area contributed by atoms with E-state index in [-0.39, 0.29) is 5.75 Å². The predicted molar refractivity (Wildman–Crippen MR) is 141 cm³/mol. The van der Waals surface area contributed by atoms with Gasteiger partial charge in [-0.2, -0.15) is 5.10 Å². The molecule has 0 heterocycles. The van der Waals surface area contributed by atoms with E-state index in [1.54, 1.807) is 91.0 Å². The Morgan fingerprint density at radius 3 is 2.00 bits per heavy atom. The van der Waals surface area contributed by atoms with Crippen LogP contribution in [0, 0.1) is 6.92 Å². The highest BCUT2D eigenvalue weighted by Gasteiger charge is 2.39. The fraction of sp³-hybridized carbons (Fsp3) is 0.100. The van der Waals surface area contributed by atoms with Crippen LogP contribution in [0.1, 0.15) is 32.6 Å². The topological polar surface area (TPSA) is 97.2 Å². The fourth-order valence-electron chi connectivity index (χ4n) is 3.73. The third-order valence-corrected chi connectivity index (χ3v) is 5.77. The Labute approximate surface area is 215 Å². The number of methoxy groups -OCH3 is 1. The van der Waals surface area contributed by atoms with Crippen LogP contribution in [-0.2, 0) is 10.4 Å². The number of ether oxygens (including phenoxy) is 2. The maximum absolute atomic E-state index is 13.2. The number of benzene rings is 4. The highest BCUT2D eigenvalue weighted by molar-refractivity contribution is 5.92. The lowest BCUT2D eigenvalue weighted by atomic mass is 9.85. The minimum atomic E-state index is -1.94. The Morgan fingerprint density at radius 1 is 0.838 bits per heavy atom. The van der Waals surface area contributed by atoms with Gasteiger partial charge in [0.1, 0.15) is 0 Å². The molecule has 0 saturated heterocycles. The second-order valence-corrected chi connectivity index (χ2v) is 8.31. The molecule has 0 aliphatic carbocycles. The molecule has 7 heteroatoms. The van der Waals surface area contributed by atoms with Crippen LogP contribution in [-0.4, -0.2) is 30.3 Å². The van der Waals surface area contributed by atoms with Crippen molar-refractivity contribution in [2.45, 2.75) is 12.5 Å². The number of nitrogens with one attached hydrogen (secondary N) is 1. The van der Waals surface area contributed by atoms with Crippen molar-refractivity contribution in [3.05, 3.63) is 131 Å². The second-order valence-electron chi connectivity index (χ2n) is 8.31. The van der Waals surface area contributed by atoms with Gasteiger partial charge in [-0.3, -0.25) is 4.79 Å². The van der Waals surface area contributed by atoms with Crippen LogP contribution in [0.2, 0.25) is 0 Å². The number of carbonyl (C=O) groups excluding carboxylic acids is 2. The maximum atomic E-state index is 13.2. The van der Waals surface area contributed by atoms with Gasteiger partial charge in [-0.25, -0.2) is 10.2 Å². The molecule has 37 heavy (non-hydrogen) atoms. The Balaban J connectivity index is 1.50. The zero-order valence-corrected chi connectivity index (χ0v) is 20.4. The monoisotopic (exact) mass is 494 g/mol. The van der Waals surface area contributed by atoms with Gasteiger partial charge in [0.25, 0.3) is 5.91 Å². The van der Waals surface area contributed by atoms with Gasteiger partial charge in [-0.05, 0) is 53.9 Å². The lowest BCUT2D eigenvalue weighted by molar-refractivity contribution is -0.136. The number of aliphatic hydroxyl groups is 1. The van der Waals surface area contributed by atoms with E-state index in [0.29, 0.717) is 28.0 Å². The van der Waals surface area contributed by atoms with E-state index in [1.165, 1.54) is 13.3 Å². The molecule has 0 aliphatic heterocycles. The van der Waals surface area contributed by atoms with Crippen molar-refractivity contribution in [2.75, 3.05) is 7.11 Å². The van der Waals surface area contributed by atoms with Crippen LogP contribution in [0.4, 0.5) is 0 Å². The normalized spacial score (nSPS) is 11.2. The molecule has 1 amide bonds. The van der Waals surface area contributed by atoms with Crippen LogP contribution in [0.15, 0.2) is 108 Å². The summed E-state index contributed by atoms with van der Waals surface area (Å²) in [4.78, 5) is 25.6. The van der Waals surface area contributed by atoms with Crippen LogP contribution in [0.5, 0.6) is 11.5 Å². The number of hydrogen-bond donors (Lipinski definition) is 2. The van der Waals surface area contributed by atoms with Gasteiger partial charge >= 0.3 is 5.97 Å². The van der Waals surface area contributed by atoms with Gasteiger partial charge in [0.2, 0.25) is 0 Å². The molecular formula is C30H26N2O5. The first kappa shape index (κ1) is 25.3. The zero-order valence-electron chi connectivity index (χ0n) is 20.4. The van der Waals surface area contributed by atoms with Crippen molar-refractivity contribution in [2.24, 2.45) is 5.10 Å². The van der Waals surface area contributed by atoms with Crippen molar-refractivity contribution in [1.29, 1.82) is 0 Å². The number of rotatable bonds is 8.